The molecule has 0 saturated heterocycles. The summed E-state index contributed by atoms with van der Waals surface area (Å²) in [6.45, 7) is 8.11. The van der Waals surface area contributed by atoms with Gasteiger partial charge in [0.05, 0.1) is 0 Å². The van der Waals surface area contributed by atoms with E-state index in [1.54, 1.807) is 0 Å². The molecule has 0 aromatic carbocycles. The molecule has 0 bridgehead atoms. The van der Waals surface area contributed by atoms with Gasteiger partial charge in [0.1, 0.15) is 6.26 Å². The maximum atomic E-state index is 10.7. The van der Waals surface area contributed by atoms with E-state index in [0.717, 1.165) is 13.0 Å². The molecule has 0 fully saturated rings. The minimum atomic E-state index is -1.06. The zero-order valence-corrected chi connectivity index (χ0v) is 10.9. The van der Waals surface area contributed by atoms with Crippen LogP contribution in [-0.4, -0.2) is 29.1 Å². The summed E-state index contributed by atoms with van der Waals surface area (Å²) in [7, 11) is 0. The van der Waals surface area contributed by atoms with Crippen LogP contribution in [-0.2, 0) is 0 Å². The predicted molar refractivity (Wildman–Crippen MR) is 67.8 cm³/mol. The minimum Gasteiger partial charge on any atom is -0.476 e. The van der Waals surface area contributed by atoms with E-state index in [-0.39, 0.29) is 11.1 Å². The van der Waals surface area contributed by atoms with Crippen LogP contribution in [0.15, 0.2) is 22.3 Å². The second kappa shape index (κ2) is 4.48. The molecule has 2 rings (SSSR count). The Morgan fingerprint density at radius 3 is 2.67 bits per heavy atom. The van der Waals surface area contributed by atoms with Crippen molar-refractivity contribution in [3.05, 3.63) is 23.6 Å². The Hall–Kier alpha value is -1.78. The average molecular weight is 250 g/mol. The quantitative estimate of drug-likeness (QED) is 0.817. The first kappa shape index (κ1) is 12.7. The van der Waals surface area contributed by atoms with Crippen molar-refractivity contribution in [2.24, 2.45) is 5.41 Å². The predicted octanol–water partition coefficient (Wildman–Crippen LogP) is 2.56. The molecular formula is C13H18N2O3. The van der Waals surface area contributed by atoms with Crippen molar-refractivity contribution >= 4 is 12.0 Å². The number of oxazole rings is 1. The first-order valence-electron chi connectivity index (χ1n) is 6.01. The number of hydrogen-bond donors (Lipinski definition) is 1. The van der Waals surface area contributed by atoms with Crippen LogP contribution in [0.5, 0.6) is 0 Å². The van der Waals surface area contributed by atoms with Crippen molar-refractivity contribution in [3.8, 4) is 0 Å². The van der Waals surface area contributed by atoms with Gasteiger partial charge in [0.25, 0.3) is 6.01 Å². The van der Waals surface area contributed by atoms with Crippen molar-refractivity contribution < 1.29 is 14.3 Å². The van der Waals surface area contributed by atoms with Crippen LogP contribution >= 0.6 is 0 Å². The summed E-state index contributed by atoms with van der Waals surface area (Å²) in [6, 6.07) is 0.386. The van der Waals surface area contributed by atoms with Crippen molar-refractivity contribution in [2.75, 3.05) is 18.0 Å². The highest BCUT2D eigenvalue weighted by atomic mass is 16.4. The van der Waals surface area contributed by atoms with Gasteiger partial charge in [0.2, 0.25) is 0 Å². The highest BCUT2D eigenvalue weighted by molar-refractivity contribution is 5.85. The molecule has 1 N–H and O–H groups in total. The average Bonchev–Trinajstić information content (AvgIpc) is 2.77. The Morgan fingerprint density at radius 1 is 1.50 bits per heavy atom. The summed E-state index contributed by atoms with van der Waals surface area (Å²) in [5.41, 5.74) is 1.56. The third kappa shape index (κ3) is 2.55. The van der Waals surface area contributed by atoms with Gasteiger partial charge < -0.3 is 14.4 Å². The molecule has 0 amide bonds. The molecule has 18 heavy (non-hydrogen) atoms. The highest BCUT2D eigenvalue weighted by Crippen LogP contribution is 2.31. The largest absolute Gasteiger partial charge is 0.476 e. The number of aromatic nitrogens is 1. The number of carbonyl (C=O) groups is 1. The van der Waals surface area contributed by atoms with Crippen LogP contribution in [0.4, 0.5) is 6.01 Å². The van der Waals surface area contributed by atoms with Crippen molar-refractivity contribution in [1.29, 1.82) is 0 Å². The second-order valence-corrected chi connectivity index (χ2v) is 5.50. The fourth-order valence-electron chi connectivity index (χ4n) is 2.03. The van der Waals surface area contributed by atoms with Gasteiger partial charge in [-0.05, 0) is 11.8 Å². The normalized spacial score (nSPS) is 16.6. The molecule has 1 aliphatic rings. The Balaban J connectivity index is 2.09. The van der Waals surface area contributed by atoms with Gasteiger partial charge in [-0.3, -0.25) is 0 Å². The lowest BCUT2D eigenvalue weighted by atomic mass is 9.83. The lowest BCUT2D eigenvalue weighted by molar-refractivity contribution is 0.0690. The van der Waals surface area contributed by atoms with Crippen LogP contribution in [0.25, 0.3) is 0 Å². The van der Waals surface area contributed by atoms with Gasteiger partial charge in [-0.15, -0.1) is 0 Å². The molecule has 0 saturated carbocycles. The Bertz CT molecular complexity index is 483. The summed E-state index contributed by atoms with van der Waals surface area (Å²) in [6.07, 6.45) is 4.31. The van der Waals surface area contributed by atoms with Gasteiger partial charge in [0, 0.05) is 13.1 Å². The Labute approximate surface area is 106 Å². The molecule has 0 spiro atoms. The summed E-state index contributed by atoms with van der Waals surface area (Å²) < 4.78 is 5.19. The molecule has 1 aromatic heterocycles. The molecule has 0 unspecified atom stereocenters. The SMILES string of the molecule is CC(C)(C)C1=CCN(c2nc(C(=O)O)co2)CC1. The molecule has 0 atom stereocenters. The topological polar surface area (TPSA) is 66.6 Å². The van der Waals surface area contributed by atoms with E-state index < -0.39 is 5.97 Å². The van der Waals surface area contributed by atoms with E-state index in [1.165, 1.54) is 11.8 Å². The van der Waals surface area contributed by atoms with Crippen molar-refractivity contribution in [2.45, 2.75) is 27.2 Å². The van der Waals surface area contributed by atoms with Crippen molar-refractivity contribution in [3.63, 3.8) is 0 Å². The molecule has 5 heteroatoms. The summed E-state index contributed by atoms with van der Waals surface area (Å²) in [5, 5.41) is 8.79. The fraction of sp³-hybridized carbons (Fsp3) is 0.538. The van der Waals surface area contributed by atoms with E-state index in [1.807, 2.05) is 4.90 Å². The molecule has 1 aliphatic heterocycles. The van der Waals surface area contributed by atoms with Gasteiger partial charge >= 0.3 is 5.97 Å². The van der Waals surface area contributed by atoms with E-state index in [9.17, 15) is 4.79 Å². The highest BCUT2D eigenvalue weighted by Gasteiger charge is 2.23. The smallest absolute Gasteiger partial charge is 0.357 e. The van der Waals surface area contributed by atoms with E-state index in [2.05, 4.69) is 31.8 Å². The number of nitrogens with zero attached hydrogens (tertiary/aromatic N) is 2. The molecule has 0 aliphatic carbocycles. The maximum Gasteiger partial charge on any atom is 0.357 e. The molecule has 98 valence electrons. The summed E-state index contributed by atoms with van der Waals surface area (Å²) >= 11 is 0. The lowest BCUT2D eigenvalue weighted by Gasteiger charge is -2.31. The van der Waals surface area contributed by atoms with Gasteiger partial charge in [-0.25, -0.2) is 4.79 Å². The maximum absolute atomic E-state index is 10.7. The molecular weight excluding hydrogens is 232 g/mol. The van der Waals surface area contributed by atoms with Gasteiger partial charge in [-0.2, -0.15) is 4.98 Å². The van der Waals surface area contributed by atoms with Crippen LogP contribution in [0, 0.1) is 5.41 Å². The Morgan fingerprint density at radius 2 is 2.22 bits per heavy atom. The Kier molecular flexibility index (Phi) is 3.15. The van der Waals surface area contributed by atoms with E-state index in [0.29, 0.717) is 12.6 Å². The second-order valence-electron chi connectivity index (χ2n) is 5.50. The monoisotopic (exact) mass is 250 g/mol. The van der Waals surface area contributed by atoms with Crippen LogP contribution < -0.4 is 4.90 Å². The standard InChI is InChI=1S/C13H18N2O3/c1-13(2,3)9-4-6-15(7-5-9)12-14-10(8-18-12)11(16)17/h4,8H,5-7H2,1-3H3,(H,16,17). The van der Waals surface area contributed by atoms with Crippen molar-refractivity contribution in [1.82, 2.24) is 4.98 Å². The van der Waals surface area contributed by atoms with Gasteiger partial charge in [0.15, 0.2) is 5.69 Å². The number of rotatable bonds is 2. The number of carboxylic acid groups (broad SMARTS) is 1. The van der Waals surface area contributed by atoms with Crippen LogP contribution in [0.1, 0.15) is 37.7 Å². The van der Waals surface area contributed by atoms with Crippen LogP contribution in [0.2, 0.25) is 0 Å². The number of hydrogen-bond acceptors (Lipinski definition) is 4. The fourth-order valence-corrected chi connectivity index (χ4v) is 2.03. The number of aromatic carboxylic acids is 1. The third-order valence-electron chi connectivity index (χ3n) is 3.15. The van der Waals surface area contributed by atoms with E-state index in [4.69, 9.17) is 9.52 Å². The number of anilines is 1. The van der Waals surface area contributed by atoms with Crippen LogP contribution in [0.3, 0.4) is 0 Å². The zero-order valence-electron chi connectivity index (χ0n) is 10.9. The van der Waals surface area contributed by atoms with E-state index >= 15 is 0 Å². The summed E-state index contributed by atoms with van der Waals surface area (Å²) in [5.74, 6) is -1.06. The molecule has 0 radical (unpaired) electrons. The summed E-state index contributed by atoms with van der Waals surface area (Å²) in [4.78, 5) is 16.6. The zero-order chi connectivity index (χ0) is 13.3. The molecule has 5 nitrogen and oxygen atoms in total. The molecule has 2 heterocycles. The lowest BCUT2D eigenvalue weighted by Crippen LogP contribution is -2.31. The third-order valence-corrected chi connectivity index (χ3v) is 3.15. The minimum absolute atomic E-state index is 0.0457. The first-order valence-corrected chi connectivity index (χ1v) is 6.01. The number of carboxylic acids is 1. The molecule has 1 aromatic rings. The first-order chi connectivity index (χ1) is 8.38. The van der Waals surface area contributed by atoms with Gasteiger partial charge in [-0.1, -0.05) is 32.4 Å².